The van der Waals surface area contributed by atoms with Crippen LogP contribution in [0.2, 0.25) is 0 Å². The average Bonchev–Trinajstić information content (AvgIpc) is 3.45. The Kier molecular flexibility index (Phi) is 9.55. The highest BCUT2D eigenvalue weighted by molar-refractivity contribution is 7.52. The predicted octanol–water partition coefficient (Wildman–Crippen LogP) is 3.08. The highest BCUT2D eigenvalue weighted by Gasteiger charge is 2.62. The molecule has 2 aromatic heterocycles. The molecule has 0 radical (unpaired) electrons. The fourth-order valence-corrected chi connectivity index (χ4v) is 6.01. The lowest BCUT2D eigenvalue weighted by atomic mass is 9.99. The molecule has 0 amide bonds. The summed E-state index contributed by atoms with van der Waals surface area (Å²) < 4.78 is 65.9. The number of hydrogen-bond acceptors (Lipinski definition) is 12. The number of carbonyl (C=O) groups excluding carboxylic acids is 1. The first-order chi connectivity index (χ1) is 19.8. The van der Waals surface area contributed by atoms with Crippen LogP contribution in [0.15, 0.2) is 36.7 Å². The monoisotopic (exact) mass is 633 g/mol. The summed E-state index contributed by atoms with van der Waals surface area (Å²) in [6.07, 6.45) is -7.94. The number of imidazole rings is 1. The predicted molar refractivity (Wildman–Crippen MR) is 148 cm³/mol. The summed E-state index contributed by atoms with van der Waals surface area (Å²) in [7, 11) is -2.86. The molecule has 1 unspecified atom stereocenters. The molecule has 18 heteroatoms. The second kappa shape index (κ2) is 12.6. The molecule has 5 N–H and O–H groups in total. The minimum Gasteiger partial charge on any atom is -0.462 e. The Balaban J connectivity index is 1.62. The van der Waals surface area contributed by atoms with Crippen LogP contribution in [0.5, 0.6) is 5.75 Å². The number of nitrogens with one attached hydrogen (secondary N) is 2. The number of aliphatic hydroxyl groups is 1. The van der Waals surface area contributed by atoms with Crippen LogP contribution in [0.1, 0.15) is 27.0 Å². The van der Waals surface area contributed by atoms with E-state index >= 15 is 0 Å². The lowest BCUT2D eigenvalue weighted by Crippen LogP contribution is -2.48. The molecule has 42 heavy (non-hydrogen) atoms. The molecule has 1 saturated heterocycles. The molecule has 3 aromatic rings. The Labute approximate surface area is 244 Å². The van der Waals surface area contributed by atoms with E-state index in [0.29, 0.717) is 0 Å². The third kappa shape index (κ3) is 6.43. The lowest BCUT2D eigenvalue weighted by Gasteiger charge is -2.29. The summed E-state index contributed by atoms with van der Waals surface area (Å²) in [5, 5.41) is 16.2. The standard InChI is InChI=1S/C24H31ClF2N7O7P/c1-12(2)39-20(36)13(3)33-42(37,41-14-8-6-5-7-9-14)38-10-15-17(35)24(25,21(26)27)22(40-15)34-11-30-16-18(29-4)31-23(28)32-19(16)34/h5-9,11-13,15,17,21-22,35H,10H2,1-4H3,(H,33,37)(H3,28,29,31,32)/t13-,15-,17-,22-,24+,42?/m1/s1. The molecule has 14 nitrogen and oxygen atoms in total. The molecule has 0 saturated carbocycles. The number of esters is 1. The van der Waals surface area contributed by atoms with E-state index in [1.54, 1.807) is 39.1 Å². The number of halogens is 3. The van der Waals surface area contributed by atoms with Crippen molar-refractivity contribution in [1.29, 1.82) is 0 Å². The van der Waals surface area contributed by atoms with Gasteiger partial charge in [0.2, 0.25) is 5.95 Å². The van der Waals surface area contributed by atoms with E-state index in [1.165, 1.54) is 19.1 Å². The molecular weight excluding hydrogens is 603 g/mol. The average molecular weight is 634 g/mol. The number of ether oxygens (including phenoxy) is 2. The van der Waals surface area contributed by atoms with Gasteiger partial charge in [0.15, 0.2) is 28.1 Å². The molecular formula is C24H31ClF2N7O7P. The van der Waals surface area contributed by atoms with Gasteiger partial charge in [-0.3, -0.25) is 13.9 Å². The van der Waals surface area contributed by atoms with E-state index in [1.807, 2.05) is 0 Å². The van der Waals surface area contributed by atoms with E-state index in [2.05, 4.69) is 25.4 Å². The van der Waals surface area contributed by atoms with Crippen LogP contribution < -0.4 is 20.7 Å². The first-order valence-electron chi connectivity index (χ1n) is 12.7. The number of rotatable bonds is 12. The van der Waals surface area contributed by atoms with Gasteiger partial charge in [-0.05, 0) is 32.9 Å². The fourth-order valence-electron chi connectivity index (χ4n) is 4.21. The van der Waals surface area contributed by atoms with Gasteiger partial charge in [-0.1, -0.05) is 18.2 Å². The minimum absolute atomic E-state index is 0.00790. The van der Waals surface area contributed by atoms with Gasteiger partial charge in [0.25, 0.3) is 6.43 Å². The quantitative estimate of drug-likeness (QED) is 0.130. The molecule has 0 aliphatic carbocycles. The maximum absolute atomic E-state index is 14.5. The van der Waals surface area contributed by atoms with Crippen LogP contribution in [0.4, 0.5) is 20.5 Å². The Morgan fingerprint density at radius 1 is 1.29 bits per heavy atom. The Morgan fingerprint density at radius 3 is 2.60 bits per heavy atom. The number of aromatic nitrogens is 4. The number of nitrogen functional groups attached to an aromatic ring is 1. The normalized spacial score (nSPS) is 24.6. The largest absolute Gasteiger partial charge is 0.462 e. The van der Waals surface area contributed by atoms with Crippen molar-refractivity contribution < 1.29 is 41.8 Å². The smallest absolute Gasteiger partial charge is 0.459 e. The molecule has 1 aromatic carbocycles. The van der Waals surface area contributed by atoms with Crippen molar-refractivity contribution in [2.45, 2.75) is 62.7 Å². The van der Waals surface area contributed by atoms with Gasteiger partial charge in [0.1, 0.15) is 24.0 Å². The molecule has 4 rings (SSSR count). The highest BCUT2D eigenvalue weighted by Crippen LogP contribution is 2.51. The summed E-state index contributed by atoms with van der Waals surface area (Å²) >= 11 is 6.38. The van der Waals surface area contributed by atoms with Crippen LogP contribution in [-0.4, -0.2) is 79.9 Å². The van der Waals surface area contributed by atoms with Crippen molar-refractivity contribution in [3.63, 3.8) is 0 Å². The number of nitrogens with zero attached hydrogens (tertiary/aromatic N) is 4. The van der Waals surface area contributed by atoms with Crippen LogP contribution in [0.25, 0.3) is 11.2 Å². The van der Waals surface area contributed by atoms with E-state index in [4.69, 9.17) is 35.9 Å². The fraction of sp³-hybridized carbons (Fsp3) is 0.500. The van der Waals surface area contributed by atoms with Crippen LogP contribution >= 0.6 is 19.3 Å². The SMILES string of the molecule is CNc1nc(N)nc2c1ncn2[C@@H]1O[C@H](COP(=O)(N[C@H](C)C(=O)OC(C)C)Oc2ccccc2)[C@@H](O)[C@]1(Cl)C(F)F. The van der Waals surface area contributed by atoms with Crippen molar-refractivity contribution in [3.05, 3.63) is 36.7 Å². The summed E-state index contributed by atoms with van der Waals surface area (Å²) in [6, 6.07) is 6.73. The van der Waals surface area contributed by atoms with Gasteiger partial charge < -0.3 is 30.2 Å². The lowest BCUT2D eigenvalue weighted by molar-refractivity contribution is -0.149. The summed E-state index contributed by atoms with van der Waals surface area (Å²) in [5.41, 5.74) is 5.97. The zero-order valence-corrected chi connectivity index (χ0v) is 24.6. The third-order valence-corrected chi connectivity index (χ3v) is 8.40. The number of aliphatic hydroxyl groups excluding tert-OH is 1. The van der Waals surface area contributed by atoms with E-state index < -0.39 is 62.2 Å². The molecule has 6 atom stereocenters. The Hall–Kier alpha value is -3.14. The van der Waals surface area contributed by atoms with E-state index in [0.717, 1.165) is 10.9 Å². The summed E-state index contributed by atoms with van der Waals surface area (Å²) in [6.45, 7) is 3.92. The van der Waals surface area contributed by atoms with Crippen molar-refractivity contribution in [2.24, 2.45) is 0 Å². The van der Waals surface area contributed by atoms with Crippen LogP contribution in [0.3, 0.4) is 0 Å². The number of alkyl halides is 3. The molecule has 1 aliphatic heterocycles. The number of fused-ring (bicyclic) bond motifs is 1. The molecule has 1 aliphatic rings. The van der Waals surface area contributed by atoms with Crippen molar-refractivity contribution in [1.82, 2.24) is 24.6 Å². The van der Waals surface area contributed by atoms with Gasteiger partial charge in [0.05, 0.1) is 19.0 Å². The zero-order chi connectivity index (χ0) is 30.8. The molecule has 230 valence electrons. The van der Waals surface area contributed by atoms with E-state index in [9.17, 15) is 23.2 Å². The van der Waals surface area contributed by atoms with Crippen molar-refractivity contribution >= 4 is 48.2 Å². The molecule has 0 bridgehead atoms. The molecule has 0 spiro atoms. The Morgan fingerprint density at radius 2 is 1.98 bits per heavy atom. The minimum atomic E-state index is -4.41. The second-order valence-corrected chi connectivity index (χ2v) is 12.0. The summed E-state index contributed by atoms with van der Waals surface area (Å²) in [4.78, 5) is 21.9. The number of nitrogens with two attached hydrogens (primary N) is 1. The molecule has 1 fully saturated rings. The van der Waals surface area contributed by atoms with Crippen molar-refractivity contribution in [2.75, 3.05) is 24.7 Å². The maximum Gasteiger partial charge on any atom is 0.459 e. The van der Waals surface area contributed by atoms with Gasteiger partial charge in [-0.2, -0.15) is 15.1 Å². The van der Waals surface area contributed by atoms with Gasteiger partial charge >= 0.3 is 13.7 Å². The number of anilines is 2. The highest BCUT2D eigenvalue weighted by atomic mass is 35.5. The van der Waals surface area contributed by atoms with Gasteiger partial charge in [0, 0.05) is 7.05 Å². The summed E-state index contributed by atoms with van der Waals surface area (Å²) in [5.74, 6) is -0.582. The number of para-hydroxylation sites is 1. The van der Waals surface area contributed by atoms with Gasteiger partial charge in [-0.15, -0.1) is 11.6 Å². The topological polar surface area (TPSA) is 185 Å². The van der Waals surface area contributed by atoms with Crippen LogP contribution in [0, 0.1) is 0 Å². The van der Waals surface area contributed by atoms with E-state index in [-0.39, 0.29) is 28.7 Å². The maximum atomic E-state index is 14.5. The number of hydrogen-bond donors (Lipinski definition) is 4. The van der Waals surface area contributed by atoms with Crippen molar-refractivity contribution in [3.8, 4) is 5.75 Å². The third-order valence-electron chi connectivity index (χ3n) is 6.19. The Bertz CT molecular complexity index is 1450. The van der Waals surface area contributed by atoms with Crippen LogP contribution in [-0.2, 0) is 23.4 Å². The first kappa shape index (κ1) is 31.8. The zero-order valence-electron chi connectivity index (χ0n) is 23.0. The molecule has 3 heterocycles. The second-order valence-electron chi connectivity index (χ2n) is 9.64. The van der Waals surface area contributed by atoms with Gasteiger partial charge in [-0.25, -0.2) is 18.3 Å². The number of benzene rings is 1. The number of carbonyl (C=O) groups is 1. The first-order valence-corrected chi connectivity index (χ1v) is 14.7.